The quantitative estimate of drug-likeness (QED) is 0.728. The van der Waals surface area contributed by atoms with Crippen LogP contribution in [0.25, 0.3) is 22.8 Å². The van der Waals surface area contributed by atoms with Gasteiger partial charge in [0.05, 0.1) is 5.56 Å². The van der Waals surface area contributed by atoms with Gasteiger partial charge in [0, 0.05) is 11.3 Å². The molecule has 2 aromatic carbocycles. The lowest BCUT2D eigenvalue weighted by Gasteiger charge is -1.99. The molecule has 1 heterocycles. The summed E-state index contributed by atoms with van der Waals surface area (Å²) in [7, 11) is 0. The minimum atomic E-state index is -0.448. The summed E-state index contributed by atoms with van der Waals surface area (Å²) in [6.07, 6.45) is 0. The summed E-state index contributed by atoms with van der Waals surface area (Å²) >= 11 is 0. The predicted octanol–water partition coefficient (Wildman–Crippen LogP) is 3.26. The molecule has 100 valence electrons. The number of aromatic nitrogens is 2. The average molecular weight is 273 g/mol. The van der Waals surface area contributed by atoms with Gasteiger partial charge in [0.25, 0.3) is 5.89 Å². The van der Waals surface area contributed by atoms with Gasteiger partial charge in [0.1, 0.15) is 11.6 Å². The largest absolute Gasteiger partial charge is 0.398 e. The number of benzene rings is 2. The fourth-order valence-electron chi connectivity index (χ4n) is 1.81. The molecule has 3 aromatic rings. The normalized spacial score (nSPS) is 10.7. The summed E-state index contributed by atoms with van der Waals surface area (Å²) in [6.45, 7) is 0. The molecule has 0 aliphatic rings. The Balaban J connectivity index is 2.02. The Morgan fingerprint density at radius 2 is 1.80 bits per heavy atom. The Morgan fingerprint density at radius 1 is 1.00 bits per heavy atom. The molecule has 0 fully saturated rings. The maximum atomic E-state index is 13.1. The first kappa shape index (κ1) is 12.3. The van der Waals surface area contributed by atoms with E-state index in [0.29, 0.717) is 11.1 Å². The molecule has 0 amide bonds. The van der Waals surface area contributed by atoms with Gasteiger partial charge in [-0.25, -0.2) is 8.78 Å². The van der Waals surface area contributed by atoms with E-state index in [0.717, 1.165) is 0 Å². The van der Waals surface area contributed by atoms with Crippen molar-refractivity contribution in [2.24, 2.45) is 0 Å². The van der Waals surface area contributed by atoms with Gasteiger partial charge in [-0.15, -0.1) is 0 Å². The van der Waals surface area contributed by atoms with Crippen molar-refractivity contribution in [2.75, 3.05) is 5.73 Å². The van der Waals surface area contributed by atoms with Crippen LogP contribution in [-0.2, 0) is 0 Å². The van der Waals surface area contributed by atoms with Crippen LogP contribution in [-0.4, -0.2) is 10.1 Å². The predicted molar refractivity (Wildman–Crippen MR) is 69.5 cm³/mol. The van der Waals surface area contributed by atoms with Crippen LogP contribution < -0.4 is 5.73 Å². The highest BCUT2D eigenvalue weighted by atomic mass is 19.1. The van der Waals surface area contributed by atoms with Crippen LogP contribution in [0, 0.1) is 11.6 Å². The molecule has 0 bridgehead atoms. The van der Waals surface area contributed by atoms with E-state index >= 15 is 0 Å². The third-order valence-electron chi connectivity index (χ3n) is 2.75. The van der Waals surface area contributed by atoms with Crippen molar-refractivity contribution in [3.63, 3.8) is 0 Å². The Labute approximate surface area is 112 Å². The van der Waals surface area contributed by atoms with Crippen LogP contribution in [0.1, 0.15) is 0 Å². The highest BCUT2D eigenvalue weighted by Gasteiger charge is 2.13. The van der Waals surface area contributed by atoms with Gasteiger partial charge in [0.2, 0.25) is 5.82 Å². The van der Waals surface area contributed by atoms with Gasteiger partial charge in [-0.05, 0) is 30.3 Å². The second kappa shape index (κ2) is 4.73. The second-order valence-corrected chi connectivity index (χ2v) is 4.17. The Morgan fingerprint density at radius 3 is 2.55 bits per heavy atom. The van der Waals surface area contributed by atoms with Crippen LogP contribution in [0.2, 0.25) is 0 Å². The van der Waals surface area contributed by atoms with Crippen molar-refractivity contribution in [3.8, 4) is 22.8 Å². The molecule has 0 spiro atoms. The fourth-order valence-corrected chi connectivity index (χ4v) is 1.81. The highest BCUT2D eigenvalue weighted by Crippen LogP contribution is 2.27. The van der Waals surface area contributed by atoms with Crippen molar-refractivity contribution in [3.05, 3.63) is 54.1 Å². The zero-order valence-corrected chi connectivity index (χ0v) is 10.2. The third kappa shape index (κ3) is 2.23. The molecule has 3 rings (SSSR count). The number of nitrogen functional groups attached to an aromatic ring is 1. The summed E-state index contributed by atoms with van der Waals surface area (Å²) < 4.78 is 31.2. The topological polar surface area (TPSA) is 64.9 Å². The fraction of sp³-hybridized carbons (Fsp3) is 0. The van der Waals surface area contributed by atoms with Crippen molar-refractivity contribution in [1.82, 2.24) is 10.1 Å². The van der Waals surface area contributed by atoms with Gasteiger partial charge in [-0.1, -0.05) is 17.3 Å². The van der Waals surface area contributed by atoms with E-state index < -0.39 is 11.6 Å². The van der Waals surface area contributed by atoms with E-state index in [1.165, 1.54) is 30.3 Å². The van der Waals surface area contributed by atoms with Crippen molar-refractivity contribution in [1.29, 1.82) is 0 Å². The number of hydrogen-bond acceptors (Lipinski definition) is 4. The lowest BCUT2D eigenvalue weighted by atomic mass is 10.1. The van der Waals surface area contributed by atoms with Gasteiger partial charge in [-0.3, -0.25) is 0 Å². The first-order chi connectivity index (χ1) is 9.63. The number of rotatable bonds is 2. The molecule has 0 aliphatic heterocycles. The van der Waals surface area contributed by atoms with E-state index in [4.69, 9.17) is 10.3 Å². The molecule has 0 unspecified atom stereocenters. The zero-order chi connectivity index (χ0) is 14.1. The molecule has 0 saturated heterocycles. The minimum Gasteiger partial charge on any atom is -0.398 e. The first-order valence-electron chi connectivity index (χ1n) is 5.78. The smallest absolute Gasteiger partial charge is 0.260 e. The highest BCUT2D eigenvalue weighted by molar-refractivity contribution is 5.71. The summed E-state index contributed by atoms with van der Waals surface area (Å²) in [4.78, 5) is 4.14. The van der Waals surface area contributed by atoms with Crippen LogP contribution in [0.3, 0.4) is 0 Å². The van der Waals surface area contributed by atoms with Gasteiger partial charge in [0.15, 0.2) is 0 Å². The van der Waals surface area contributed by atoms with Gasteiger partial charge in [-0.2, -0.15) is 4.98 Å². The Bertz CT molecular complexity index is 771. The molecular formula is C14H9F2N3O. The van der Waals surface area contributed by atoms with Crippen molar-refractivity contribution < 1.29 is 13.3 Å². The maximum Gasteiger partial charge on any atom is 0.260 e. The third-order valence-corrected chi connectivity index (χ3v) is 2.75. The van der Waals surface area contributed by atoms with Gasteiger partial charge < -0.3 is 10.3 Å². The molecule has 1 aromatic heterocycles. The number of hydrogen-bond donors (Lipinski definition) is 1. The standard InChI is InChI=1S/C14H9F2N3O/c15-9-3-1-2-8(6-9)13-18-14(20-19-13)11-5-4-10(16)7-12(11)17/h1-7H,17H2. The molecule has 2 N–H and O–H groups in total. The molecule has 4 nitrogen and oxygen atoms in total. The maximum absolute atomic E-state index is 13.1. The van der Waals surface area contributed by atoms with Crippen LogP contribution in [0.15, 0.2) is 47.0 Å². The molecule has 0 radical (unpaired) electrons. The lowest BCUT2D eigenvalue weighted by molar-refractivity contribution is 0.432. The summed E-state index contributed by atoms with van der Waals surface area (Å²) in [5.41, 5.74) is 6.81. The zero-order valence-electron chi connectivity index (χ0n) is 10.2. The molecule has 20 heavy (non-hydrogen) atoms. The number of nitrogens with zero attached hydrogens (tertiary/aromatic N) is 2. The second-order valence-electron chi connectivity index (χ2n) is 4.17. The summed E-state index contributed by atoms with van der Waals surface area (Å²) in [5.74, 6) is -0.448. The monoisotopic (exact) mass is 273 g/mol. The minimum absolute atomic E-state index is 0.154. The molecule has 0 saturated carbocycles. The van der Waals surface area contributed by atoms with E-state index in [9.17, 15) is 8.78 Å². The lowest BCUT2D eigenvalue weighted by Crippen LogP contribution is -1.91. The molecule has 0 atom stereocenters. The molecule has 6 heteroatoms. The van der Waals surface area contributed by atoms with Crippen LogP contribution in [0.4, 0.5) is 14.5 Å². The van der Waals surface area contributed by atoms with E-state index in [1.807, 2.05) is 0 Å². The van der Waals surface area contributed by atoms with E-state index in [-0.39, 0.29) is 17.4 Å². The molecule has 0 aliphatic carbocycles. The average Bonchev–Trinajstić information content (AvgIpc) is 2.88. The number of nitrogens with two attached hydrogens (primary N) is 1. The van der Waals surface area contributed by atoms with Gasteiger partial charge >= 0.3 is 0 Å². The van der Waals surface area contributed by atoms with Crippen molar-refractivity contribution in [2.45, 2.75) is 0 Å². The number of halogens is 2. The van der Waals surface area contributed by atoms with Crippen LogP contribution in [0.5, 0.6) is 0 Å². The Hall–Kier alpha value is -2.76. The summed E-state index contributed by atoms with van der Waals surface area (Å²) in [6, 6.07) is 9.69. The first-order valence-corrected chi connectivity index (χ1v) is 5.78. The van der Waals surface area contributed by atoms with Crippen LogP contribution >= 0.6 is 0 Å². The molecular weight excluding hydrogens is 264 g/mol. The number of anilines is 1. The Kier molecular flexibility index (Phi) is 2.90. The summed E-state index contributed by atoms with van der Waals surface area (Å²) in [5, 5.41) is 3.77. The van der Waals surface area contributed by atoms with E-state index in [2.05, 4.69) is 10.1 Å². The van der Waals surface area contributed by atoms with Crippen molar-refractivity contribution >= 4 is 5.69 Å². The van der Waals surface area contributed by atoms with E-state index in [1.54, 1.807) is 12.1 Å². The SMILES string of the molecule is Nc1cc(F)ccc1-c1nc(-c2cccc(F)c2)no1.